The first-order valence-corrected chi connectivity index (χ1v) is 10.5. The van der Waals surface area contributed by atoms with Crippen molar-refractivity contribution in [3.63, 3.8) is 0 Å². The lowest BCUT2D eigenvalue weighted by Crippen LogP contribution is -2.38. The average molecular weight is 515 g/mol. The molecule has 0 saturated carbocycles. The van der Waals surface area contributed by atoms with E-state index < -0.39 is 0 Å². The summed E-state index contributed by atoms with van der Waals surface area (Å²) >= 11 is 0. The molecule has 1 aromatic rings. The third kappa shape index (κ3) is 9.33. The molecule has 1 heterocycles. The van der Waals surface area contributed by atoms with Gasteiger partial charge in [-0.3, -0.25) is 9.79 Å². The first-order chi connectivity index (χ1) is 13.5. The number of unbranched alkanes of at least 4 members (excludes halogenated alkanes) is 1. The summed E-state index contributed by atoms with van der Waals surface area (Å²) in [7, 11) is 5.32. The number of guanidine groups is 1. The fourth-order valence-corrected chi connectivity index (χ4v) is 3.59. The van der Waals surface area contributed by atoms with Crippen LogP contribution in [0.4, 0.5) is 0 Å². The van der Waals surface area contributed by atoms with Crippen LogP contribution >= 0.6 is 24.0 Å². The number of carbonyl (C=O) groups excluding carboxylic acids is 1. The van der Waals surface area contributed by atoms with Crippen molar-refractivity contribution in [2.24, 2.45) is 10.9 Å². The summed E-state index contributed by atoms with van der Waals surface area (Å²) in [6, 6.07) is 7.71. The largest absolute Gasteiger partial charge is 0.356 e. The number of hydrogen-bond acceptors (Lipinski definition) is 3. The molecule has 164 valence electrons. The first kappa shape index (κ1) is 25.7. The maximum atomic E-state index is 11.9. The number of aliphatic imine (C=N–C) groups is 1. The van der Waals surface area contributed by atoms with Gasteiger partial charge in [0, 0.05) is 46.3 Å². The average Bonchev–Trinajstić information content (AvgIpc) is 2.70. The molecule has 6 nitrogen and oxygen atoms in total. The summed E-state index contributed by atoms with van der Waals surface area (Å²) in [4.78, 5) is 20.4. The highest BCUT2D eigenvalue weighted by molar-refractivity contribution is 14.0. The topological polar surface area (TPSA) is 60.0 Å². The molecule has 1 aliphatic heterocycles. The quantitative estimate of drug-likeness (QED) is 0.242. The number of benzene rings is 1. The van der Waals surface area contributed by atoms with Gasteiger partial charge in [0.05, 0.1) is 0 Å². The van der Waals surface area contributed by atoms with Crippen LogP contribution in [-0.4, -0.2) is 69.0 Å². The molecular formula is C22H38IN5O. The molecule has 1 saturated heterocycles. The van der Waals surface area contributed by atoms with Crippen LogP contribution in [0.3, 0.4) is 0 Å². The zero-order valence-electron chi connectivity index (χ0n) is 18.4. The number of nitrogens with zero attached hydrogens (tertiary/aromatic N) is 3. The molecular weight excluding hydrogens is 477 g/mol. The highest BCUT2D eigenvalue weighted by Crippen LogP contribution is 2.15. The van der Waals surface area contributed by atoms with Crippen molar-refractivity contribution >= 4 is 35.8 Å². The Morgan fingerprint density at radius 3 is 2.55 bits per heavy atom. The maximum Gasteiger partial charge on any atom is 0.253 e. The van der Waals surface area contributed by atoms with Crippen LogP contribution in [0, 0.1) is 5.92 Å². The van der Waals surface area contributed by atoms with Crippen molar-refractivity contribution in [2.75, 3.05) is 47.3 Å². The predicted octanol–water partition coefficient (Wildman–Crippen LogP) is 3.18. The van der Waals surface area contributed by atoms with Gasteiger partial charge in [-0.15, -0.1) is 24.0 Å². The van der Waals surface area contributed by atoms with Gasteiger partial charge in [0.1, 0.15) is 0 Å². The Labute approximate surface area is 193 Å². The maximum absolute atomic E-state index is 11.9. The molecule has 0 bridgehead atoms. The fourth-order valence-electron chi connectivity index (χ4n) is 3.59. The minimum absolute atomic E-state index is 0. The Kier molecular flexibility index (Phi) is 12.2. The molecule has 2 rings (SSSR count). The summed E-state index contributed by atoms with van der Waals surface area (Å²) in [6.07, 6.45) is 5.10. The van der Waals surface area contributed by atoms with Crippen molar-refractivity contribution < 1.29 is 4.79 Å². The van der Waals surface area contributed by atoms with Gasteiger partial charge in [-0.2, -0.15) is 0 Å². The Balaban J connectivity index is 0.00000420. The number of likely N-dealkylation sites (tertiary alicyclic amines) is 1. The molecule has 29 heavy (non-hydrogen) atoms. The molecule has 0 spiro atoms. The second-order valence-corrected chi connectivity index (χ2v) is 8.00. The van der Waals surface area contributed by atoms with Crippen molar-refractivity contribution in [1.29, 1.82) is 0 Å². The number of halogens is 1. The number of carbonyl (C=O) groups is 1. The number of rotatable bonds is 8. The van der Waals surface area contributed by atoms with Crippen molar-refractivity contribution in [1.82, 2.24) is 20.4 Å². The fraction of sp³-hybridized carbons (Fsp3) is 0.636. The van der Waals surface area contributed by atoms with Crippen molar-refractivity contribution in [3.05, 3.63) is 35.4 Å². The van der Waals surface area contributed by atoms with E-state index in [1.165, 1.54) is 38.9 Å². The van der Waals surface area contributed by atoms with E-state index in [1.807, 2.05) is 24.3 Å². The Hall–Kier alpha value is -1.35. The van der Waals surface area contributed by atoms with Crippen LogP contribution in [-0.2, 0) is 6.54 Å². The molecule has 1 aromatic carbocycles. The monoisotopic (exact) mass is 515 g/mol. The molecule has 2 N–H and O–H groups in total. The van der Waals surface area contributed by atoms with Crippen LogP contribution in [0.1, 0.15) is 48.5 Å². The van der Waals surface area contributed by atoms with E-state index in [1.54, 1.807) is 26.0 Å². The summed E-state index contributed by atoms with van der Waals surface area (Å²) in [5.41, 5.74) is 1.83. The molecule has 0 aliphatic carbocycles. The number of hydrogen-bond donors (Lipinski definition) is 2. The molecule has 1 fully saturated rings. The van der Waals surface area contributed by atoms with Gasteiger partial charge in [-0.25, -0.2) is 0 Å². The second-order valence-electron chi connectivity index (χ2n) is 8.00. The molecule has 0 radical (unpaired) electrons. The number of nitrogens with one attached hydrogen (secondary N) is 2. The van der Waals surface area contributed by atoms with E-state index >= 15 is 0 Å². The molecule has 7 heteroatoms. The van der Waals surface area contributed by atoms with Gasteiger partial charge in [-0.1, -0.05) is 19.1 Å². The normalized spacial score (nSPS) is 17.4. The molecule has 1 aliphatic rings. The van der Waals surface area contributed by atoms with Gasteiger partial charge in [0.15, 0.2) is 5.96 Å². The van der Waals surface area contributed by atoms with E-state index in [-0.39, 0.29) is 29.9 Å². The van der Waals surface area contributed by atoms with E-state index in [4.69, 9.17) is 0 Å². The Morgan fingerprint density at radius 1 is 1.21 bits per heavy atom. The standard InChI is InChI=1S/C22H37N5O.HI/c1-18-8-7-15-27(17-18)14-6-5-13-24-22(23-2)25-16-19-9-11-20(12-10-19)21(28)26(3)4;/h9-12,18H,5-8,13-17H2,1-4H3,(H2,23,24,25);1H. The van der Waals surface area contributed by atoms with Gasteiger partial charge in [0.25, 0.3) is 5.91 Å². The lowest BCUT2D eigenvalue weighted by Gasteiger charge is -2.30. The van der Waals surface area contributed by atoms with Crippen LogP contribution in [0.5, 0.6) is 0 Å². The highest BCUT2D eigenvalue weighted by atomic mass is 127. The molecule has 1 amide bonds. The van der Waals surface area contributed by atoms with Crippen molar-refractivity contribution in [2.45, 2.75) is 39.2 Å². The zero-order chi connectivity index (χ0) is 20.4. The van der Waals surface area contributed by atoms with E-state index in [2.05, 4.69) is 27.4 Å². The van der Waals surface area contributed by atoms with Crippen LogP contribution in [0.25, 0.3) is 0 Å². The van der Waals surface area contributed by atoms with Gasteiger partial charge in [-0.05, 0) is 62.4 Å². The summed E-state index contributed by atoms with van der Waals surface area (Å²) in [5, 5.41) is 6.73. The third-order valence-corrected chi connectivity index (χ3v) is 5.23. The van der Waals surface area contributed by atoms with Crippen LogP contribution < -0.4 is 10.6 Å². The second kappa shape index (κ2) is 13.8. The smallest absolute Gasteiger partial charge is 0.253 e. The summed E-state index contributed by atoms with van der Waals surface area (Å²) < 4.78 is 0. The van der Waals surface area contributed by atoms with Crippen LogP contribution in [0.2, 0.25) is 0 Å². The van der Waals surface area contributed by atoms with Crippen LogP contribution in [0.15, 0.2) is 29.3 Å². The number of amides is 1. The van der Waals surface area contributed by atoms with Gasteiger partial charge >= 0.3 is 0 Å². The Morgan fingerprint density at radius 2 is 1.93 bits per heavy atom. The first-order valence-electron chi connectivity index (χ1n) is 10.5. The van der Waals surface area contributed by atoms with E-state index in [0.29, 0.717) is 12.1 Å². The summed E-state index contributed by atoms with van der Waals surface area (Å²) in [5.74, 6) is 1.70. The van der Waals surface area contributed by atoms with E-state index in [9.17, 15) is 4.79 Å². The third-order valence-electron chi connectivity index (χ3n) is 5.23. The van der Waals surface area contributed by atoms with Gasteiger partial charge < -0.3 is 20.4 Å². The molecule has 1 atom stereocenters. The Bertz CT molecular complexity index is 633. The van der Waals surface area contributed by atoms with E-state index in [0.717, 1.165) is 30.4 Å². The van der Waals surface area contributed by atoms with Crippen molar-refractivity contribution in [3.8, 4) is 0 Å². The zero-order valence-corrected chi connectivity index (χ0v) is 20.7. The SMILES string of the molecule is CN=C(NCCCCN1CCCC(C)C1)NCc1ccc(C(=O)N(C)C)cc1.I. The highest BCUT2D eigenvalue weighted by Gasteiger charge is 2.15. The summed E-state index contributed by atoms with van der Waals surface area (Å²) in [6.45, 7) is 7.70. The lowest BCUT2D eigenvalue weighted by molar-refractivity contribution is 0.0827. The number of piperidine rings is 1. The molecule has 0 aromatic heterocycles. The molecule has 1 unspecified atom stereocenters. The predicted molar refractivity (Wildman–Crippen MR) is 132 cm³/mol. The minimum atomic E-state index is 0. The van der Waals surface area contributed by atoms with Gasteiger partial charge in [0.2, 0.25) is 0 Å². The minimum Gasteiger partial charge on any atom is -0.356 e. The lowest BCUT2D eigenvalue weighted by atomic mass is 10.0.